The lowest BCUT2D eigenvalue weighted by Gasteiger charge is -2.34. The molecule has 2 rings (SSSR count). The smallest absolute Gasteiger partial charge is 0.0812 e. The first-order valence-corrected chi connectivity index (χ1v) is 7.83. The molecular weight excluding hydrogens is 250 g/mol. The van der Waals surface area contributed by atoms with E-state index in [1.807, 2.05) is 0 Å². The SMILES string of the molecule is CC(C)COCCCn1ccc2c1CC(C)(C)CC2O. The quantitative estimate of drug-likeness (QED) is 0.808. The van der Waals surface area contributed by atoms with Crippen LogP contribution in [0.5, 0.6) is 0 Å². The lowest BCUT2D eigenvalue weighted by molar-refractivity contribution is 0.0959. The first-order chi connectivity index (χ1) is 9.39. The zero-order chi connectivity index (χ0) is 14.8. The number of hydrogen-bond acceptors (Lipinski definition) is 2. The molecular formula is C17H29NO2. The second-order valence-electron chi connectivity index (χ2n) is 7.29. The lowest BCUT2D eigenvalue weighted by Crippen LogP contribution is -2.26. The topological polar surface area (TPSA) is 34.4 Å². The number of ether oxygens (including phenoxy) is 1. The van der Waals surface area contributed by atoms with E-state index in [0.717, 1.165) is 44.6 Å². The third-order valence-electron chi connectivity index (χ3n) is 4.00. The summed E-state index contributed by atoms with van der Waals surface area (Å²) < 4.78 is 7.94. The molecule has 0 aromatic carbocycles. The predicted molar refractivity (Wildman–Crippen MR) is 81.8 cm³/mol. The van der Waals surface area contributed by atoms with Gasteiger partial charge in [-0.15, -0.1) is 0 Å². The van der Waals surface area contributed by atoms with Gasteiger partial charge in [0, 0.05) is 37.2 Å². The molecule has 1 aromatic heterocycles. The summed E-state index contributed by atoms with van der Waals surface area (Å²) in [5, 5.41) is 10.2. The van der Waals surface area contributed by atoms with Gasteiger partial charge in [0.15, 0.2) is 0 Å². The van der Waals surface area contributed by atoms with Crippen LogP contribution in [0.4, 0.5) is 0 Å². The van der Waals surface area contributed by atoms with Gasteiger partial charge in [-0.2, -0.15) is 0 Å². The van der Waals surface area contributed by atoms with Gasteiger partial charge >= 0.3 is 0 Å². The van der Waals surface area contributed by atoms with Crippen LogP contribution < -0.4 is 0 Å². The molecule has 1 aliphatic rings. The molecule has 0 saturated carbocycles. The molecule has 0 saturated heterocycles. The number of aryl methyl sites for hydroxylation is 1. The molecule has 1 atom stereocenters. The Kier molecular flexibility index (Phi) is 4.92. The van der Waals surface area contributed by atoms with E-state index in [1.165, 1.54) is 5.69 Å². The van der Waals surface area contributed by atoms with Gasteiger partial charge in [0.1, 0.15) is 0 Å². The zero-order valence-corrected chi connectivity index (χ0v) is 13.4. The minimum absolute atomic E-state index is 0.191. The molecule has 0 fully saturated rings. The average Bonchev–Trinajstić information content (AvgIpc) is 2.70. The third-order valence-corrected chi connectivity index (χ3v) is 4.00. The molecule has 1 aliphatic carbocycles. The van der Waals surface area contributed by atoms with E-state index < -0.39 is 0 Å². The number of rotatable bonds is 6. The first kappa shape index (κ1) is 15.6. The maximum Gasteiger partial charge on any atom is 0.0812 e. The summed E-state index contributed by atoms with van der Waals surface area (Å²) >= 11 is 0. The Balaban J connectivity index is 1.91. The first-order valence-electron chi connectivity index (χ1n) is 7.83. The highest BCUT2D eigenvalue weighted by molar-refractivity contribution is 5.29. The van der Waals surface area contributed by atoms with Gasteiger partial charge < -0.3 is 14.4 Å². The van der Waals surface area contributed by atoms with Crippen LogP contribution in [0.1, 0.15) is 57.9 Å². The number of aromatic nitrogens is 1. The van der Waals surface area contributed by atoms with Gasteiger partial charge in [0.05, 0.1) is 6.10 Å². The van der Waals surface area contributed by atoms with Crippen LogP contribution in [0.25, 0.3) is 0 Å². The number of aliphatic hydroxyl groups is 1. The summed E-state index contributed by atoms with van der Waals surface area (Å²) in [6.07, 6.45) is 4.77. The molecule has 1 unspecified atom stereocenters. The molecule has 0 bridgehead atoms. The van der Waals surface area contributed by atoms with Gasteiger partial charge in [-0.3, -0.25) is 0 Å². The largest absolute Gasteiger partial charge is 0.388 e. The summed E-state index contributed by atoms with van der Waals surface area (Å²) in [5.74, 6) is 0.602. The van der Waals surface area contributed by atoms with Gasteiger partial charge in [-0.25, -0.2) is 0 Å². The van der Waals surface area contributed by atoms with Crippen molar-refractivity contribution < 1.29 is 9.84 Å². The molecule has 0 aliphatic heterocycles. The highest BCUT2D eigenvalue weighted by atomic mass is 16.5. The van der Waals surface area contributed by atoms with E-state index in [0.29, 0.717) is 5.92 Å². The maximum absolute atomic E-state index is 10.2. The second-order valence-corrected chi connectivity index (χ2v) is 7.29. The van der Waals surface area contributed by atoms with Gasteiger partial charge in [0.2, 0.25) is 0 Å². The van der Waals surface area contributed by atoms with Crippen molar-refractivity contribution in [1.29, 1.82) is 0 Å². The fourth-order valence-electron chi connectivity index (χ4n) is 3.05. The summed E-state index contributed by atoms with van der Waals surface area (Å²) in [6.45, 7) is 11.5. The Hall–Kier alpha value is -0.800. The Labute approximate surface area is 122 Å². The van der Waals surface area contributed by atoms with Crippen molar-refractivity contribution in [2.45, 2.75) is 59.6 Å². The Morgan fingerprint density at radius 1 is 1.45 bits per heavy atom. The molecule has 114 valence electrons. The molecule has 0 radical (unpaired) electrons. The number of nitrogens with zero attached hydrogens (tertiary/aromatic N) is 1. The molecule has 1 heterocycles. The predicted octanol–water partition coefficient (Wildman–Crippen LogP) is 3.56. The van der Waals surface area contributed by atoms with Crippen molar-refractivity contribution >= 4 is 0 Å². The minimum Gasteiger partial charge on any atom is -0.388 e. The second kappa shape index (κ2) is 6.31. The van der Waals surface area contributed by atoms with Gasteiger partial charge in [-0.05, 0) is 36.7 Å². The van der Waals surface area contributed by atoms with E-state index in [1.54, 1.807) is 0 Å². The van der Waals surface area contributed by atoms with Crippen molar-refractivity contribution in [2.24, 2.45) is 11.3 Å². The van der Waals surface area contributed by atoms with E-state index in [4.69, 9.17) is 4.74 Å². The van der Waals surface area contributed by atoms with E-state index >= 15 is 0 Å². The Morgan fingerprint density at radius 3 is 2.90 bits per heavy atom. The molecule has 1 aromatic rings. The van der Waals surface area contributed by atoms with Crippen molar-refractivity contribution in [3.05, 3.63) is 23.5 Å². The van der Waals surface area contributed by atoms with Crippen LogP contribution in [0.3, 0.4) is 0 Å². The molecule has 0 amide bonds. The maximum atomic E-state index is 10.2. The minimum atomic E-state index is -0.299. The van der Waals surface area contributed by atoms with E-state index in [2.05, 4.69) is 44.5 Å². The van der Waals surface area contributed by atoms with Crippen molar-refractivity contribution in [1.82, 2.24) is 4.57 Å². The van der Waals surface area contributed by atoms with Crippen LogP contribution in [0, 0.1) is 11.3 Å². The zero-order valence-electron chi connectivity index (χ0n) is 13.4. The Morgan fingerprint density at radius 2 is 2.20 bits per heavy atom. The van der Waals surface area contributed by atoms with Crippen molar-refractivity contribution in [3.8, 4) is 0 Å². The summed E-state index contributed by atoms with van der Waals surface area (Å²) in [5.41, 5.74) is 2.64. The average molecular weight is 279 g/mol. The summed E-state index contributed by atoms with van der Waals surface area (Å²) in [4.78, 5) is 0. The molecule has 0 spiro atoms. The molecule has 1 N–H and O–H groups in total. The van der Waals surface area contributed by atoms with Crippen molar-refractivity contribution in [2.75, 3.05) is 13.2 Å². The van der Waals surface area contributed by atoms with Crippen LogP contribution in [0.2, 0.25) is 0 Å². The van der Waals surface area contributed by atoms with Gasteiger partial charge in [0.25, 0.3) is 0 Å². The van der Waals surface area contributed by atoms with Crippen LogP contribution in [0.15, 0.2) is 12.3 Å². The number of fused-ring (bicyclic) bond motifs is 1. The summed E-state index contributed by atoms with van der Waals surface area (Å²) in [6, 6.07) is 2.09. The van der Waals surface area contributed by atoms with Crippen LogP contribution >= 0.6 is 0 Å². The summed E-state index contributed by atoms with van der Waals surface area (Å²) in [7, 11) is 0. The lowest BCUT2D eigenvalue weighted by atomic mass is 9.75. The highest BCUT2D eigenvalue weighted by Gasteiger charge is 2.32. The molecule has 3 heteroatoms. The number of aliphatic hydroxyl groups excluding tert-OH is 1. The molecule has 3 nitrogen and oxygen atoms in total. The standard InChI is InChI=1S/C17H29NO2/c1-13(2)12-20-9-5-7-18-8-6-14-15(18)10-17(3,4)11-16(14)19/h6,8,13,16,19H,5,7,9-12H2,1-4H3. The van der Waals surface area contributed by atoms with Crippen LogP contribution in [-0.4, -0.2) is 22.9 Å². The fourth-order valence-corrected chi connectivity index (χ4v) is 3.05. The number of hydrogen-bond donors (Lipinski definition) is 1. The Bertz CT molecular complexity index is 434. The van der Waals surface area contributed by atoms with Crippen LogP contribution in [-0.2, 0) is 17.7 Å². The molecule has 20 heavy (non-hydrogen) atoms. The normalized spacial score (nSPS) is 21.2. The van der Waals surface area contributed by atoms with Gasteiger partial charge in [-0.1, -0.05) is 27.7 Å². The van der Waals surface area contributed by atoms with E-state index in [9.17, 15) is 5.11 Å². The van der Waals surface area contributed by atoms with E-state index in [-0.39, 0.29) is 11.5 Å². The highest BCUT2D eigenvalue weighted by Crippen LogP contribution is 2.41. The third kappa shape index (κ3) is 3.86. The monoisotopic (exact) mass is 279 g/mol. The fraction of sp³-hybridized carbons (Fsp3) is 0.765. The van der Waals surface area contributed by atoms with Crippen molar-refractivity contribution in [3.63, 3.8) is 0 Å².